The summed E-state index contributed by atoms with van der Waals surface area (Å²) in [5.74, 6) is 2.08. The normalized spacial score (nSPS) is 19.9. The molecule has 2 aliphatic rings. The summed E-state index contributed by atoms with van der Waals surface area (Å²) in [5.41, 5.74) is 4.18. The highest BCUT2D eigenvalue weighted by Gasteiger charge is 2.28. The highest BCUT2D eigenvalue weighted by Crippen LogP contribution is 2.40. The van der Waals surface area contributed by atoms with Crippen LogP contribution in [-0.4, -0.2) is 35.6 Å². The van der Waals surface area contributed by atoms with Gasteiger partial charge in [-0.2, -0.15) is 0 Å². The van der Waals surface area contributed by atoms with Gasteiger partial charge in [-0.05, 0) is 64.2 Å². The zero-order valence-electron chi connectivity index (χ0n) is 17.0. The summed E-state index contributed by atoms with van der Waals surface area (Å²) in [7, 11) is 0. The van der Waals surface area contributed by atoms with Gasteiger partial charge in [-0.15, -0.1) is 11.3 Å². The van der Waals surface area contributed by atoms with Crippen LogP contribution in [0.1, 0.15) is 41.6 Å². The summed E-state index contributed by atoms with van der Waals surface area (Å²) >= 11 is 1.90. The molecule has 1 aromatic carbocycles. The fourth-order valence-electron chi connectivity index (χ4n) is 4.74. The molecule has 4 nitrogen and oxygen atoms in total. The number of piperazine rings is 1. The lowest BCUT2D eigenvalue weighted by atomic mass is 9.96. The number of hydrogen-bond donors (Lipinski definition) is 0. The highest BCUT2D eigenvalue weighted by molar-refractivity contribution is 7.19. The van der Waals surface area contributed by atoms with E-state index in [2.05, 4.69) is 47.9 Å². The van der Waals surface area contributed by atoms with Crippen LogP contribution < -0.4 is 9.80 Å². The zero-order chi connectivity index (χ0) is 19.3. The summed E-state index contributed by atoms with van der Waals surface area (Å²) in [6, 6.07) is 9.39. The van der Waals surface area contributed by atoms with Crippen molar-refractivity contribution < 1.29 is 0 Å². The number of aryl methyl sites for hydroxylation is 4. The second kappa shape index (κ2) is 7.03. The molecule has 0 saturated carbocycles. The molecule has 3 heterocycles. The number of rotatable bonds is 2. The predicted molar refractivity (Wildman–Crippen MR) is 119 cm³/mol. The van der Waals surface area contributed by atoms with Crippen molar-refractivity contribution in [1.82, 2.24) is 9.97 Å². The van der Waals surface area contributed by atoms with Crippen LogP contribution in [-0.2, 0) is 12.8 Å². The Balaban J connectivity index is 1.48. The smallest absolute Gasteiger partial charge is 0.141 e. The van der Waals surface area contributed by atoms with E-state index in [1.807, 2.05) is 18.3 Å². The van der Waals surface area contributed by atoms with Crippen LogP contribution >= 0.6 is 11.3 Å². The van der Waals surface area contributed by atoms with Crippen molar-refractivity contribution >= 4 is 33.1 Å². The summed E-state index contributed by atoms with van der Waals surface area (Å²) in [6.07, 6.45) is 5.01. The number of aromatic nitrogens is 2. The molecule has 1 aliphatic heterocycles. The standard InChI is InChI=1S/C23H28N4S/c1-15-8-10-18(11-9-15)27-13-12-26(14-16(27)2)22-21-19-6-4-5-7-20(19)28-23(21)25-17(3)24-22/h8-11,16H,4-7,12-14H2,1-3H3. The monoisotopic (exact) mass is 392 g/mol. The van der Waals surface area contributed by atoms with Gasteiger partial charge in [0.25, 0.3) is 0 Å². The molecule has 2 aromatic heterocycles. The van der Waals surface area contributed by atoms with E-state index in [1.54, 1.807) is 4.88 Å². The van der Waals surface area contributed by atoms with E-state index in [9.17, 15) is 0 Å². The second-order valence-corrected chi connectivity index (χ2v) is 9.39. The van der Waals surface area contributed by atoms with Crippen molar-refractivity contribution in [2.75, 3.05) is 29.4 Å². The van der Waals surface area contributed by atoms with Crippen LogP contribution in [0.4, 0.5) is 11.5 Å². The van der Waals surface area contributed by atoms with Gasteiger partial charge < -0.3 is 9.80 Å². The number of anilines is 2. The Labute approximate surface area is 171 Å². The molecule has 1 fully saturated rings. The van der Waals surface area contributed by atoms with Gasteiger partial charge >= 0.3 is 0 Å². The third-order valence-electron chi connectivity index (χ3n) is 6.20. The Hall–Kier alpha value is -2.14. The molecule has 3 aromatic rings. The van der Waals surface area contributed by atoms with Gasteiger partial charge in [-0.1, -0.05) is 17.7 Å². The molecule has 0 N–H and O–H groups in total. The molecular weight excluding hydrogens is 364 g/mol. The third-order valence-corrected chi connectivity index (χ3v) is 7.39. The molecule has 0 radical (unpaired) electrons. The van der Waals surface area contributed by atoms with E-state index < -0.39 is 0 Å². The van der Waals surface area contributed by atoms with E-state index in [0.29, 0.717) is 6.04 Å². The van der Waals surface area contributed by atoms with Gasteiger partial charge in [-0.3, -0.25) is 0 Å². The SMILES string of the molecule is Cc1ccc(N2CCN(c3nc(C)nc4sc5c(c34)CCCC5)CC2C)cc1. The van der Waals surface area contributed by atoms with Crippen LogP contribution in [0.15, 0.2) is 24.3 Å². The summed E-state index contributed by atoms with van der Waals surface area (Å²) < 4.78 is 0. The number of thiophene rings is 1. The molecule has 1 atom stereocenters. The van der Waals surface area contributed by atoms with Crippen LogP contribution in [0.25, 0.3) is 10.2 Å². The molecule has 1 saturated heterocycles. The molecule has 0 spiro atoms. The first kappa shape index (κ1) is 17.9. The first-order valence-electron chi connectivity index (χ1n) is 10.5. The molecule has 0 amide bonds. The molecule has 1 unspecified atom stereocenters. The van der Waals surface area contributed by atoms with Crippen molar-refractivity contribution in [3.63, 3.8) is 0 Å². The highest BCUT2D eigenvalue weighted by atomic mass is 32.1. The van der Waals surface area contributed by atoms with Crippen LogP contribution in [0.2, 0.25) is 0 Å². The van der Waals surface area contributed by atoms with Crippen molar-refractivity contribution in [2.24, 2.45) is 0 Å². The Bertz CT molecular complexity index is 1010. The van der Waals surface area contributed by atoms with E-state index in [0.717, 1.165) is 25.5 Å². The van der Waals surface area contributed by atoms with Gasteiger partial charge in [0, 0.05) is 36.2 Å². The van der Waals surface area contributed by atoms with E-state index >= 15 is 0 Å². The maximum absolute atomic E-state index is 4.95. The first-order valence-corrected chi connectivity index (χ1v) is 11.3. The summed E-state index contributed by atoms with van der Waals surface area (Å²) in [5, 5.41) is 1.35. The molecule has 28 heavy (non-hydrogen) atoms. The molecule has 146 valence electrons. The quantitative estimate of drug-likeness (QED) is 0.621. The Kier molecular flexibility index (Phi) is 4.50. The van der Waals surface area contributed by atoms with Gasteiger partial charge in [-0.25, -0.2) is 9.97 Å². The fraction of sp³-hybridized carbons (Fsp3) is 0.478. The van der Waals surface area contributed by atoms with Gasteiger partial charge in [0.15, 0.2) is 0 Å². The molecular formula is C23H28N4S. The van der Waals surface area contributed by atoms with Crippen LogP contribution in [0.5, 0.6) is 0 Å². The van der Waals surface area contributed by atoms with Gasteiger partial charge in [0.05, 0.1) is 5.39 Å². The maximum atomic E-state index is 4.95. The summed E-state index contributed by atoms with van der Waals surface area (Å²) in [4.78, 5) is 17.5. The third kappa shape index (κ3) is 3.06. The van der Waals surface area contributed by atoms with Crippen LogP contribution in [0.3, 0.4) is 0 Å². The van der Waals surface area contributed by atoms with Gasteiger partial charge in [0.2, 0.25) is 0 Å². The Morgan fingerprint density at radius 3 is 2.57 bits per heavy atom. The number of benzene rings is 1. The Morgan fingerprint density at radius 2 is 1.79 bits per heavy atom. The number of nitrogens with zero attached hydrogens (tertiary/aromatic N) is 4. The second-order valence-electron chi connectivity index (χ2n) is 8.31. The largest absolute Gasteiger partial charge is 0.365 e. The van der Waals surface area contributed by atoms with Crippen molar-refractivity contribution in [3.05, 3.63) is 46.1 Å². The summed E-state index contributed by atoms with van der Waals surface area (Å²) in [6.45, 7) is 9.56. The lowest BCUT2D eigenvalue weighted by molar-refractivity contribution is 0.548. The van der Waals surface area contributed by atoms with Crippen molar-refractivity contribution in [1.29, 1.82) is 0 Å². The molecule has 0 bridgehead atoms. The minimum Gasteiger partial charge on any atom is -0.365 e. The van der Waals surface area contributed by atoms with Crippen molar-refractivity contribution in [2.45, 2.75) is 52.5 Å². The van der Waals surface area contributed by atoms with E-state index in [4.69, 9.17) is 9.97 Å². The first-order chi connectivity index (χ1) is 13.6. The minimum absolute atomic E-state index is 0.455. The Morgan fingerprint density at radius 1 is 1.00 bits per heavy atom. The average molecular weight is 393 g/mol. The average Bonchev–Trinajstić information content (AvgIpc) is 3.06. The van der Waals surface area contributed by atoms with E-state index in [-0.39, 0.29) is 0 Å². The maximum Gasteiger partial charge on any atom is 0.141 e. The zero-order valence-corrected chi connectivity index (χ0v) is 17.9. The fourth-order valence-corrected chi connectivity index (χ4v) is 6.04. The lowest BCUT2D eigenvalue weighted by Gasteiger charge is -2.42. The molecule has 1 aliphatic carbocycles. The number of fused-ring (bicyclic) bond motifs is 3. The lowest BCUT2D eigenvalue weighted by Crippen LogP contribution is -2.52. The topological polar surface area (TPSA) is 32.3 Å². The van der Waals surface area contributed by atoms with E-state index in [1.165, 1.54) is 58.5 Å². The predicted octanol–water partition coefficient (Wildman–Crippen LogP) is 4.90. The van der Waals surface area contributed by atoms with Crippen LogP contribution in [0, 0.1) is 13.8 Å². The molecule has 5 heteroatoms. The minimum atomic E-state index is 0.455. The van der Waals surface area contributed by atoms with Gasteiger partial charge in [0.1, 0.15) is 16.5 Å². The van der Waals surface area contributed by atoms with Crippen molar-refractivity contribution in [3.8, 4) is 0 Å². The number of hydrogen-bond acceptors (Lipinski definition) is 5. The molecule has 5 rings (SSSR count).